The third-order valence-corrected chi connectivity index (χ3v) is 10.0. The monoisotopic (exact) mass is 535 g/mol. The Balaban J connectivity index is 1.27. The molecule has 1 aromatic carbocycles. The average molecular weight is 536 g/mol. The molecule has 4 heterocycles. The Kier molecular flexibility index (Phi) is 7.68. The lowest BCUT2D eigenvalue weighted by atomic mass is 9.88. The molecular weight excluding hydrogens is 490 g/mol. The first-order valence-electron chi connectivity index (χ1n) is 15.5. The van der Waals surface area contributed by atoms with Crippen LogP contribution in [0.2, 0.25) is 0 Å². The van der Waals surface area contributed by atoms with Crippen molar-refractivity contribution in [1.29, 1.82) is 0 Å². The average Bonchev–Trinajstić information content (AvgIpc) is 3.17. The predicted octanol–water partition coefficient (Wildman–Crippen LogP) is 4.54. The van der Waals surface area contributed by atoms with Gasteiger partial charge in [0, 0.05) is 37.3 Å². The molecular formula is C31H45N5O3. The molecule has 39 heavy (non-hydrogen) atoms. The SMILES string of the molecule is CCOC(=O)C1(N)CCN(c2nc3ccccc3n([C@H]3CC4CC[C@@H](C3)N4C3CCCCCCC3)c2=O)CC1. The summed E-state index contributed by atoms with van der Waals surface area (Å²) in [6, 6.07) is 10.1. The number of hydrogen-bond acceptors (Lipinski definition) is 7. The summed E-state index contributed by atoms with van der Waals surface area (Å²) in [6.45, 7) is 3.15. The topological polar surface area (TPSA) is 93.7 Å². The second-order valence-electron chi connectivity index (χ2n) is 12.4. The summed E-state index contributed by atoms with van der Waals surface area (Å²) in [5.74, 6) is 0.148. The molecule has 3 aliphatic heterocycles. The summed E-state index contributed by atoms with van der Waals surface area (Å²) in [4.78, 5) is 36.5. The Labute approximate surface area is 231 Å². The lowest BCUT2D eigenvalue weighted by Crippen LogP contribution is -2.57. The molecule has 8 heteroatoms. The number of hydrogen-bond donors (Lipinski definition) is 1. The van der Waals surface area contributed by atoms with Crippen LogP contribution in [0, 0.1) is 0 Å². The van der Waals surface area contributed by atoms with Crippen LogP contribution in [-0.4, -0.2) is 63.8 Å². The van der Waals surface area contributed by atoms with E-state index in [0.717, 1.165) is 29.9 Å². The van der Waals surface area contributed by atoms with Gasteiger partial charge in [0.1, 0.15) is 5.54 Å². The van der Waals surface area contributed by atoms with Gasteiger partial charge < -0.3 is 19.9 Å². The Morgan fingerprint density at radius 3 is 2.26 bits per heavy atom. The zero-order chi connectivity index (χ0) is 27.0. The first-order valence-corrected chi connectivity index (χ1v) is 15.5. The normalized spacial score (nSPS) is 28.3. The second kappa shape index (κ2) is 11.2. The number of carbonyl (C=O) groups is 1. The molecule has 1 aliphatic carbocycles. The van der Waals surface area contributed by atoms with Crippen LogP contribution in [0.5, 0.6) is 0 Å². The van der Waals surface area contributed by atoms with Crippen LogP contribution < -0.4 is 16.2 Å². The van der Waals surface area contributed by atoms with Crippen molar-refractivity contribution >= 4 is 22.8 Å². The molecule has 212 valence electrons. The summed E-state index contributed by atoms with van der Waals surface area (Å²) in [7, 11) is 0. The lowest BCUT2D eigenvalue weighted by Gasteiger charge is -2.45. The summed E-state index contributed by atoms with van der Waals surface area (Å²) >= 11 is 0. The number of carbonyl (C=O) groups excluding carboxylic acids is 1. The zero-order valence-electron chi connectivity index (χ0n) is 23.5. The molecule has 1 unspecified atom stereocenters. The summed E-state index contributed by atoms with van der Waals surface area (Å²) in [6.07, 6.45) is 15.0. The molecule has 4 fully saturated rings. The number of para-hydroxylation sites is 2. The fourth-order valence-electron chi connectivity index (χ4n) is 8.03. The quantitative estimate of drug-likeness (QED) is 0.562. The number of nitrogens with two attached hydrogens (primary N) is 1. The molecule has 6 rings (SSSR count). The highest BCUT2D eigenvalue weighted by Crippen LogP contribution is 2.44. The molecule has 3 saturated heterocycles. The van der Waals surface area contributed by atoms with E-state index in [9.17, 15) is 9.59 Å². The fraction of sp³-hybridized carbons (Fsp3) is 0.710. The minimum absolute atomic E-state index is 0.00170. The van der Waals surface area contributed by atoms with Crippen LogP contribution in [0.25, 0.3) is 11.0 Å². The fourth-order valence-corrected chi connectivity index (χ4v) is 8.03. The van der Waals surface area contributed by atoms with Gasteiger partial charge in [0.05, 0.1) is 17.6 Å². The molecule has 2 aromatic rings. The molecule has 0 amide bonds. The van der Waals surface area contributed by atoms with Crippen molar-refractivity contribution in [2.24, 2.45) is 5.73 Å². The summed E-state index contributed by atoms with van der Waals surface area (Å²) in [5, 5.41) is 0. The second-order valence-corrected chi connectivity index (χ2v) is 12.4. The molecule has 2 N–H and O–H groups in total. The molecule has 3 atom stereocenters. The Bertz CT molecular complexity index is 1210. The Morgan fingerprint density at radius 1 is 0.949 bits per heavy atom. The highest BCUT2D eigenvalue weighted by Gasteiger charge is 2.45. The number of anilines is 1. The van der Waals surface area contributed by atoms with E-state index in [-0.39, 0.29) is 17.6 Å². The maximum atomic E-state index is 14.2. The van der Waals surface area contributed by atoms with E-state index in [0.29, 0.717) is 50.4 Å². The van der Waals surface area contributed by atoms with Crippen LogP contribution in [-0.2, 0) is 9.53 Å². The smallest absolute Gasteiger partial charge is 0.326 e. The van der Waals surface area contributed by atoms with Gasteiger partial charge in [-0.05, 0) is 70.4 Å². The molecule has 2 bridgehead atoms. The van der Waals surface area contributed by atoms with Crippen molar-refractivity contribution in [1.82, 2.24) is 14.5 Å². The largest absolute Gasteiger partial charge is 0.465 e. The van der Waals surface area contributed by atoms with Crippen molar-refractivity contribution in [3.63, 3.8) is 0 Å². The summed E-state index contributed by atoms with van der Waals surface area (Å²) in [5.41, 5.74) is 7.22. The molecule has 1 saturated carbocycles. The minimum Gasteiger partial charge on any atom is -0.465 e. The molecule has 4 aliphatic rings. The van der Waals surface area contributed by atoms with Crippen molar-refractivity contribution in [3.05, 3.63) is 34.6 Å². The van der Waals surface area contributed by atoms with Crippen LogP contribution in [0.4, 0.5) is 5.82 Å². The molecule has 1 aromatic heterocycles. The van der Waals surface area contributed by atoms with Crippen LogP contribution in [0.3, 0.4) is 0 Å². The first-order chi connectivity index (χ1) is 19.0. The third-order valence-electron chi connectivity index (χ3n) is 10.0. The van der Waals surface area contributed by atoms with E-state index in [2.05, 4.69) is 15.5 Å². The summed E-state index contributed by atoms with van der Waals surface area (Å²) < 4.78 is 7.31. The van der Waals surface area contributed by atoms with Gasteiger partial charge in [0.25, 0.3) is 5.56 Å². The van der Waals surface area contributed by atoms with E-state index >= 15 is 0 Å². The Morgan fingerprint density at radius 2 is 1.59 bits per heavy atom. The van der Waals surface area contributed by atoms with Crippen molar-refractivity contribution in [2.75, 3.05) is 24.6 Å². The van der Waals surface area contributed by atoms with E-state index in [1.165, 1.54) is 57.8 Å². The number of fused-ring (bicyclic) bond motifs is 3. The molecule has 0 radical (unpaired) electrons. The standard InChI is InChI=1S/C31H45N5O3/c1-2-39-30(38)31(32)16-18-34(19-17-31)28-29(37)36(27-13-9-8-12-26(27)33-28)25-20-23-14-15-24(21-25)35(23)22-10-6-4-3-5-7-11-22/h8-9,12-13,22-25H,2-7,10-11,14-21,32H2,1H3/t23-,24?,25+/m0/s1. The van der Waals surface area contributed by atoms with E-state index in [1.54, 1.807) is 6.92 Å². The maximum absolute atomic E-state index is 14.2. The van der Waals surface area contributed by atoms with Crippen molar-refractivity contribution in [2.45, 2.75) is 120 Å². The predicted molar refractivity (Wildman–Crippen MR) is 154 cm³/mol. The number of rotatable bonds is 5. The van der Waals surface area contributed by atoms with Gasteiger partial charge in [-0.2, -0.15) is 0 Å². The first kappa shape index (κ1) is 26.8. The zero-order valence-corrected chi connectivity index (χ0v) is 23.5. The van der Waals surface area contributed by atoms with Gasteiger partial charge >= 0.3 is 5.97 Å². The van der Waals surface area contributed by atoms with Gasteiger partial charge in [0.15, 0.2) is 5.82 Å². The number of nitrogens with zero attached hydrogens (tertiary/aromatic N) is 4. The van der Waals surface area contributed by atoms with Gasteiger partial charge in [-0.1, -0.05) is 44.2 Å². The van der Waals surface area contributed by atoms with Crippen LogP contribution >= 0.6 is 0 Å². The number of esters is 1. The van der Waals surface area contributed by atoms with Gasteiger partial charge in [-0.15, -0.1) is 0 Å². The number of benzene rings is 1. The molecule has 0 spiro atoms. The van der Waals surface area contributed by atoms with Crippen molar-refractivity contribution in [3.8, 4) is 0 Å². The highest BCUT2D eigenvalue weighted by atomic mass is 16.5. The minimum atomic E-state index is -0.995. The van der Waals surface area contributed by atoms with Crippen LogP contribution in [0.15, 0.2) is 29.1 Å². The number of ether oxygens (including phenoxy) is 1. The number of piperidine rings is 2. The third kappa shape index (κ3) is 5.10. The Hall–Kier alpha value is -2.45. The lowest BCUT2D eigenvalue weighted by molar-refractivity contribution is -0.150. The van der Waals surface area contributed by atoms with Crippen LogP contribution in [0.1, 0.15) is 96.4 Å². The molecule has 8 nitrogen and oxygen atoms in total. The van der Waals surface area contributed by atoms with Gasteiger partial charge in [0.2, 0.25) is 0 Å². The highest BCUT2D eigenvalue weighted by molar-refractivity contribution is 5.81. The van der Waals surface area contributed by atoms with E-state index in [1.807, 2.05) is 23.1 Å². The van der Waals surface area contributed by atoms with E-state index in [4.69, 9.17) is 15.5 Å². The van der Waals surface area contributed by atoms with E-state index < -0.39 is 5.54 Å². The maximum Gasteiger partial charge on any atom is 0.326 e. The van der Waals surface area contributed by atoms with Gasteiger partial charge in [-0.3, -0.25) is 14.5 Å². The number of aromatic nitrogens is 2. The van der Waals surface area contributed by atoms with Gasteiger partial charge in [-0.25, -0.2) is 4.98 Å². The van der Waals surface area contributed by atoms with Crippen molar-refractivity contribution < 1.29 is 9.53 Å².